The molecule has 100 valence electrons. The highest BCUT2D eigenvalue weighted by Crippen LogP contribution is 2.35. The fraction of sp³-hybridized carbons (Fsp3) is 0.500. The van der Waals surface area contributed by atoms with Crippen LogP contribution in [0.25, 0.3) is 0 Å². The number of aliphatic hydroxyl groups excluding tert-OH is 3. The lowest BCUT2D eigenvalue weighted by atomic mass is 10.0. The van der Waals surface area contributed by atoms with Gasteiger partial charge >= 0.3 is 0 Å². The Morgan fingerprint density at radius 3 is 2.67 bits per heavy atom. The summed E-state index contributed by atoms with van der Waals surface area (Å²) >= 11 is 0. The van der Waals surface area contributed by atoms with Crippen LogP contribution in [0.4, 0.5) is 10.1 Å². The van der Waals surface area contributed by atoms with Crippen molar-refractivity contribution in [1.82, 2.24) is 4.98 Å². The third-order valence-corrected chi connectivity index (χ3v) is 2.95. The van der Waals surface area contributed by atoms with Gasteiger partial charge in [-0.15, -0.1) is 0 Å². The zero-order valence-electron chi connectivity index (χ0n) is 9.21. The van der Waals surface area contributed by atoms with Crippen molar-refractivity contribution in [3.63, 3.8) is 0 Å². The van der Waals surface area contributed by atoms with Gasteiger partial charge in [-0.1, -0.05) is 0 Å². The minimum Gasteiger partial charge on any atom is -0.396 e. The lowest BCUT2D eigenvalue weighted by Crippen LogP contribution is -2.32. The summed E-state index contributed by atoms with van der Waals surface area (Å²) in [5.74, 6) is -1.18. The smallest absolute Gasteiger partial charge is 0.286 e. The maximum absolute atomic E-state index is 13.3. The van der Waals surface area contributed by atoms with Crippen LogP contribution in [0.15, 0.2) is 11.0 Å². The second-order valence-corrected chi connectivity index (χ2v) is 4.06. The minimum atomic E-state index is -1.37. The Balaban J connectivity index is 2.39. The lowest BCUT2D eigenvalue weighted by Gasteiger charge is -2.16. The van der Waals surface area contributed by atoms with Crippen molar-refractivity contribution in [2.45, 2.75) is 24.4 Å². The topological polar surface area (TPSA) is 129 Å². The molecule has 1 aromatic heterocycles. The molecule has 1 saturated heterocycles. The normalized spacial score (nSPS) is 31.8. The first-order chi connectivity index (χ1) is 8.47. The van der Waals surface area contributed by atoms with Gasteiger partial charge < -0.3 is 30.8 Å². The zero-order valence-corrected chi connectivity index (χ0v) is 9.21. The van der Waals surface area contributed by atoms with Crippen molar-refractivity contribution in [3.05, 3.63) is 27.9 Å². The fourth-order valence-electron chi connectivity index (χ4n) is 1.93. The molecule has 0 unspecified atom stereocenters. The van der Waals surface area contributed by atoms with Crippen LogP contribution in [-0.4, -0.2) is 45.2 Å². The number of ether oxygens (including phenoxy) is 1. The number of anilines is 1. The quantitative estimate of drug-likeness (QED) is 0.429. The highest BCUT2D eigenvalue weighted by molar-refractivity contribution is 5.48. The molecule has 0 radical (unpaired) electrons. The average molecular weight is 260 g/mol. The number of aromatic nitrogens is 1. The summed E-state index contributed by atoms with van der Waals surface area (Å²) < 4.78 is 18.5. The third-order valence-electron chi connectivity index (χ3n) is 2.95. The van der Waals surface area contributed by atoms with Gasteiger partial charge in [-0.05, 0) is 0 Å². The van der Waals surface area contributed by atoms with Crippen LogP contribution >= 0.6 is 0 Å². The molecule has 0 aliphatic carbocycles. The molecule has 0 spiro atoms. The van der Waals surface area contributed by atoms with E-state index in [9.17, 15) is 19.4 Å². The molecule has 8 heteroatoms. The molecule has 7 nitrogen and oxygen atoms in total. The Bertz CT molecular complexity index is 506. The molecule has 0 aromatic carbocycles. The van der Waals surface area contributed by atoms with E-state index in [0.717, 1.165) is 6.20 Å². The summed E-state index contributed by atoms with van der Waals surface area (Å²) in [4.78, 5) is 13.1. The standard InChI is InChI=1S/C10H13FN2O5/c11-5-6(12)3(1-13-10(5)17)9-8(16)7(15)4(2-14)18-9/h1,4,7-9,14-16H,2H2,(H3,12,13,17)/t4-,7-,8-,9+/m1/s1. The number of hydrogen-bond acceptors (Lipinski definition) is 6. The van der Waals surface area contributed by atoms with Gasteiger partial charge in [0, 0.05) is 11.8 Å². The van der Waals surface area contributed by atoms with E-state index in [4.69, 9.17) is 15.6 Å². The zero-order chi connectivity index (χ0) is 13.4. The van der Waals surface area contributed by atoms with Crippen molar-refractivity contribution < 1.29 is 24.4 Å². The van der Waals surface area contributed by atoms with Gasteiger partial charge in [-0.25, -0.2) is 0 Å². The Morgan fingerprint density at radius 1 is 1.44 bits per heavy atom. The Labute approximate surface area is 101 Å². The predicted molar refractivity (Wildman–Crippen MR) is 58.1 cm³/mol. The molecule has 1 aliphatic heterocycles. The molecule has 6 N–H and O–H groups in total. The number of rotatable bonds is 2. The SMILES string of the molecule is Nc1c([C@@H]2O[C@H](CO)[C@@H](O)[C@H]2O)c[nH]c(=O)c1F. The van der Waals surface area contributed by atoms with E-state index < -0.39 is 48.1 Å². The van der Waals surface area contributed by atoms with Crippen molar-refractivity contribution in [1.29, 1.82) is 0 Å². The van der Waals surface area contributed by atoms with Gasteiger partial charge in [0.05, 0.1) is 12.3 Å². The van der Waals surface area contributed by atoms with E-state index in [-0.39, 0.29) is 5.56 Å². The summed E-state index contributed by atoms with van der Waals surface area (Å²) in [7, 11) is 0. The van der Waals surface area contributed by atoms with Crippen LogP contribution in [0.5, 0.6) is 0 Å². The lowest BCUT2D eigenvalue weighted by molar-refractivity contribution is -0.0227. The summed E-state index contributed by atoms with van der Waals surface area (Å²) in [5.41, 5.74) is 4.02. The Morgan fingerprint density at radius 2 is 2.11 bits per heavy atom. The molecule has 4 atom stereocenters. The van der Waals surface area contributed by atoms with Crippen LogP contribution < -0.4 is 11.3 Å². The Kier molecular flexibility index (Phi) is 3.35. The molecular weight excluding hydrogens is 247 g/mol. The summed E-state index contributed by atoms with van der Waals surface area (Å²) in [6.07, 6.45) is -3.66. The van der Waals surface area contributed by atoms with Crippen molar-refractivity contribution in [3.8, 4) is 0 Å². The van der Waals surface area contributed by atoms with E-state index in [1.807, 2.05) is 0 Å². The van der Waals surface area contributed by atoms with Crippen molar-refractivity contribution in [2.75, 3.05) is 12.3 Å². The molecule has 2 heterocycles. The first kappa shape index (κ1) is 13.0. The first-order valence-electron chi connectivity index (χ1n) is 5.26. The number of pyridine rings is 1. The number of aromatic amines is 1. The average Bonchev–Trinajstić information content (AvgIpc) is 2.64. The highest BCUT2D eigenvalue weighted by Gasteiger charge is 2.44. The number of nitrogen functional groups attached to an aromatic ring is 1. The molecule has 0 amide bonds. The predicted octanol–water partition coefficient (Wildman–Crippen LogP) is -1.75. The second kappa shape index (κ2) is 4.65. The van der Waals surface area contributed by atoms with Gasteiger partial charge in [0.2, 0.25) is 5.82 Å². The maximum Gasteiger partial charge on any atom is 0.286 e. The van der Waals surface area contributed by atoms with E-state index in [1.54, 1.807) is 0 Å². The van der Waals surface area contributed by atoms with E-state index in [0.29, 0.717) is 0 Å². The molecule has 1 aliphatic rings. The van der Waals surface area contributed by atoms with E-state index in [1.165, 1.54) is 0 Å². The van der Waals surface area contributed by atoms with Crippen LogP contribution in [0, 0.1) is 5.82 Å². The summed E-state index contributed by atoms with van der Waals surface area (Å²) in [6, 6.07) is 0. The van der Waals surface area contributed by atoms with Gasteiger partial charge in [0.1, 0.15) is 24.4 Å². The highest BCUT2D eigenvalue weighted by atomic mass is 19.1. The van der Waals surface area contributed by atoms with Gasteiger partial charge in [-0.2, -0.15) is 4.39 Å². The number of aliphatic hydroxyl groups is 3. The van der Waals surface area contributed by atoms with Crippen molar-refractivity contribution >= 4 is 5.69 Å². The largest absolute Gasteiger partial charge is 0.396 e. The van der Waals surface area contributed by atoms with Crippen LogP contribution in [0.2, 0.25) is 0 Å². The molecular formula is C10H13FN2O5. The van der Waals surface area contributed by atoms with Gasteiger partial charge in [-0.3, -0.25) is 4.79 Å². The number of H-pyrrole nitrogens is 1. The van der Waals surface area contributed by atoms with Crippen LogP contribution in [0.3, 0.4) is 0 Å². The van der Waals surface area contributed by atoms with Gasteiger partial charge in [0.15, 0.2) is 0 Å². The number of halogens is 1. The van der Waals surface area contributed by atoms with Gasteiger partial charge in [0.25, 0.3) is 5.56 Å². The number of nitrogens with two attached hydrogens (primary N) is 1. The van der Waals surface area contributed by atoms with Crippen LogP contribution in [0.1, 0.15) is 11.7 Å². The molecule has 0 bridgehead atoms. The second-order valence-electron chi connectivity index (χ2n) is 4.06. The maximum atomic E-state index is 13.3. The Hall–Kier alpha value is -1.48. The molecule has 1 aromatic rings. The molecule has 1 fully saturated rings. The van der Waals surface area contributed by atoms with E-state index in [2.05, 4.69) is 4.98 Å². The monoisotopic (exact) mass is 260 g/mol. The molecule has 0 saturated carbocycles. The molecule has 2 rings (SSSR count). The van der Waals surface area contributed by atoms with E-state index >= 15 is 0 Å². The first-order valence-corrected chi connectivity index (χ1v) is 5.26. The summed E-state index contributed by atoms with van der Waals surface area (Å²) in [5, 5.41) is 28.2. The third kappa shape index (κ3) is 1.89. The number of nitrogens with one attached hydrogen (secondary N) is 1. The number of hydrogen-bond donors (Lipinski definition) is 5. The fourth-order valence-corrected chi connectivity index (χ4v) is 1.93. The van der Waals surface area contributed by atoms with Crippen LogP contribution in [-0.2, 0) is 4.74 Å². The molecule has 18 heavy (non-hydrogen) atoms. The summed E-state index contributed by atoms with van der Waals surface area (Å²) in [6.45, 7) is -0.500. The minimum absolute atomic E-state index is 0.0228. The van der Waals surface area contributed by atoms with Crippen molar-refractivity contribution in [2.24, 2.45) is 0 Å².